The lowest BCUT2D eigenvalue weighted by atomic mass is 9.58. The number of hydrogen-bond acceptors (Lipinski definition) is 4. The first-order valence-electron chi connectivity index (χ1n) is 9.71. The average Bonchev–Trinajstić information content (AvgIpc) is 3.20. The molecule has 1 aliphatic carbocycles. The molecule has 2 amide bonds. The Labute approximate surface area is 149 Å². The van der Waals surface area contributed by atoms with Gasteiger partial charge in [-0.1, -0.05) is 13.8 Å². The van der Waals surface area contributed by atoms with Gasteiger partial charge in [0.1, 0.15) is 11.6 Å². The van der Waals surface area contributed by atoms with E-state index < -0.39 is 0 Å². The van der Waals surface area contributed by atoms with E-state index in [4.69, 9.17) is 4.74 Å². The van der Waals surface area contributed by atoms with Gasteiger partial charge in [0.05, 0.1) is 6.10 Å². The van der Waals surface area contributed by atoms with Crippen molar-refractivity contribution in [1.82, 2.24) is 25.4 Å². The van der Waals surface area contributed by atoms with Gasteiger partial charge in [0.15, 0.2) is 0 Å². The van der Waals surface area contributed by atoms with E-state index in [1.807, 2.05) is 6.92 Å². The molecule has 1 saturated carbocycles. The van der Waals surface area contributed by atoms with Crippen LogP contribution < -0.4 is 10.6 Å². The first kappa shape index (κ1) is 18.2. The lowest BCUT2D eigenvalue weighted by Crippen LogP contribution is -2.65. The molecule has 3 rings (SSSR count). The highest BCUT2D eigenvalue weighted by Gasteiger charge is 2.53. The van der Waals surface area contributed by atoms with Gasteiger partial charge in [-0.25, -0.2) is 4.79 Å². The highest BCUT2D eigenvalue weighted by Crippen LogP contribution is 2.48. The van der Waals surface area contributed by atoms with Crippen molar-refractivity contribution in [3.05, 3.63) is 11.6 Å². The number of fused-ring (bicyclic) bond motifs is 1. The Morgan fingerprint density at radius 1 is 1.32 bits per heavy atom. The SMILES string of the molecule is CCO[C@@H]1C[C@@H](NC(=O)NCCc2nnc3n2CCC3)C1(CC)CC. The molecular formula is C18H31N5O2. The normalized spacial score (nSPS) is 23.8. The molecule has 0 bridgehead atoms. The van der Waals surface area contributed by atoms with Crippen LogP contribution in [0.25, 0.3) is 0 Å². The monoisotopic (exact) mass is 349 g/mol. The van der Waals surface area contributed by atoms with E-state index in [0.717, 1.165) is 63.3 Å². The highest BCUT2D eigenvalue weighted by molar-refractivity contribution is 5.74. The summed E-state index contributed by atoms with van der Waals surface area (Å²) in [4.78, 5) is 12.3. The van der Waals surface area contributed by atoms with Crippen LogP contribution in [-0.4, -0.2) is 46.1 Å². The Hall–Kier alpha value is -1.63. The van der Waals surface area contributed by atoms with Gasteiger partial charge in [-0.3, -0.25) is 0 Å². The topological polar surface area (TPSA) is 81.1 Å². The molecule has 2 atom stereocenters. The van der Waals surface area contributed by atoms with Gasteiger partial charge >= 0.3 is 6.03 Å². The van der Waals surface area contributed by atoms with Crippen LogP contribution in [0.4, 0.5) is 4.79 Å². The quantitative estimate of drug-likeness (QED) is 0.753. The zero-order valence-corrected chi connectivity index (χ0v) is 15.7. The smallest absolute Gasteiger partial charge is 0.315 e. The van der Waals surface area contributed by atoms with Crippen LogP contribution in [0.5, 0.6) is 0 Å². The Morgan fingerprint density at radius 2 is 2.12 bits per heavy atom. The molecule has 0 spiro atoms. The molecule has 7 nitrogen and oxygen atoms in total. The van der Waals surface area contributed by atoms with E-state index in [2.05, 4.69) is 39.2 Å². The van der Waals surface area contributed by atoms with Crippen LogP contribution in [0.3, 0.4) is 0 Å². The molecule has 0 unspecified atom stereocenters. The molecule has 2 heterocycles. The van der Waals surface area contributed by atoms with Crippen LogP contribution in [0.2, 0.25) is 0 Å². The Morgan fingerprint density at radius 3 is 2.84 bits per heavy atom. The van der Waals surface area contributed by atoms with Crippen molar-refractivity contribution in [1.29, 1.82) is 0 Å². The number of aromatic nitrogens is 3. The molecular weight excluding hydrogens is 318 g/mol. The molecule has 0 saturated heterocycles. The van der Waals surface area contributed by atoms with Gasteiger partial charge in [-0.05, 0) is 32.6 Å². The molecule has 2 N–H and O–H groups in total. The van der Waals surface area contributed by atoms with Crippen molar-refractivity contribution in [3.8, 4) is 0 Å². The third kappa shape index (κ3) is 3.38. The minimum Gasteiger partial charge on any atom is -0.378 e. The fourth-order valence-electron chi connectivity index (χ4n) is 4.48. The zero-order chi connectivity index (χ0) is 17.9. The average molecular weight is 349 g/mol. The van der Waals surface area contributed by atoms with Gasteiger partial charge in [-0.15, -0.1) is 10.2 Å². The highest BCUT2D eigenvalue weighted by atomic mass is 16.5. The maximum Gasteiger partial charge on any atom is 0.315 e. The minimum absolute atomic E-state index is 0.0706. The van der Waals surface area contributed by atoms with Crippen LogP contribution in [0.1, 0.15) is 58.1 Å². The molecule has 2 aliphatic rings. The number of aryl methyl sites for hydroxylation is 1. The molecule has 7 heteroatoms. The molecule has 140 valence electrons. The summed E-state index contributed by atoms with van der Waals surface area (Å²) in [5, 5.41) is 14.6. The fraction of sp³-hybridized carbons (Fsp3) is 0.833. The first-order valence-corrected chi connectivity index (χ1v) is 9.71. The van der Waals surface area contributed by atoms with Crippen LogP contribution >= 0.6 is 0 Å². The summed E-state index contributed by atoms with van der Waals surface area (Å²) >= 11 is 0. The van der Waals surface area contributed by atoms with Gasteiger partial charge in [-0.2, -0.15) is 0 Å². The maximum absolute atomic E-state index is 12.3. The van der Waals surface area contributed by atoms with E-state index in [1.165, 1.54) is 0 Å². The molecule has 0 aromatic carbocycles. The molecule has 1 aliphatic heterocycles. The third-order valence-electron chi connectivity index (χ3n) is 6.09. The summed E-state index contributed by atoms with van der Waals surface area (Å²) in [6, 6.07) is 0.101. The second-order valence-corrected chi connectivity index (χ2v) is 7.11. The van der Waals surface area contributed by atoms with E-state index >= 15 is 0 Å². The van der Waals surface area contributed by atoms with Gasteiger partial charge in [0.2, 0.25) is 0 Å². The van der Waals surface area contributed by atoms with Gasteiger partial charge < -0.3 is 19.9 Å². The number of nitrogens with one attached hydrogen (secondary N) is 2. The molecule has 1 fully saturated rings. The molecule has 1 aromatic heterocycles. The summed E-state index contributed by atoms with van der Waals surface area (Å²) in [6.07, 6.45) is 6.08. The van der Waals surface area contributed by atoms with Crippen molar-refractivity contribution in [3.63, 3.8) is 0 Å². The number of ether oxygens (including phenoxy) is 1. The van der Waals surface area contributed by atoms with Crippen LogP contribution in [-0.2, 0) is 24.1 Å². The fourth-order valence-corrected chi connectivity index (χ4v) is 4.48. The number of nitrogens with zero attached hydrogens (tertiary/aromatic N) is 3. The second-order valence-electron chi connectivity index (χ2n) is 7.11. The second kappa shape index (κ2) is 7.72. The Kier molecular flexibility index (Phi) is 5.61. The summed E-state index contributed by atoms with van der Waals surface area (Å²) < 4.78 is 8.05. The number of amides is 2. The number of urea groups is 1. The van der Waals surface area contributed by atoms with E-state index in [-0.39, 0.29) is 23.6 Å². The predicted octanol–water partition coefficient (Wildman–Crippen LogP) is 2.05. The number of hydrogen-bond donors (Lipinski definition) is 2. The summed E-state index contributed by atoms with van der Waals surface area (Å²) in [5.41, 5.74) is 0.0706. The van der Waals surface area contributed by atoms with Gasteiger partial charge in [0.25, 0.3) is 0 Å². The Bertz CT molecular complexity index is 596. The van der Waals surface area contributed by atoms with Crippen molar-refractivity contribution in [2.24, 2.45) is 5.41 Å². The lowest BCUT2D eigenvalue weighted by Gasteiger charge is -2.55. The van der Waals surface area contributed by atoms with Crippen molar-refractivity contribution in [2.45, 2.75) is 78.0 Å². The number of rotatable bonds is 8. The van der Waals surface area contributed by atoms with E-state index in [0.29, 0.717) is 6.54 Å². The lowest BCUT2D eigenvalue weighted by molar-refractivity contribution is -0.134. The minimum atomic E-state index is -0.0904. The van der Waals surface area contributed by atoms with E-state index in [9.17, 15) is 4.79 Å². The predicted molar refractivity (Wildman–Crippen MR) is 95.4 cm³/mol. The molecule has 0 radical (unpaired) electrons. The first-order chi connectivity index (χ1) is 12.1. The van der Waals surface area contributed by atoms with Crippen LogP contribution in [0.15, 0.2) is 0 Å². The zero-order valence-electron chi connectivity index (χ0n) is 15.7. The molecule has 25 heavy (non-hydrogen) atoms. The third-order valence-corrected chi connectivity index (χ3v) is 6.09. The summed E-state index contributed by atoms with van der Waals surface area (Å²) in [5.74, 6) is 2.05. The molecule has 1 aromatic rings. The number of carbonyl (C=O) groups is 1. The standard InChI is InChI=1S/C18H31N5O2/c1-4-18(5-2)13(12-14(18)25-6-3)20-17(24)19-10-9-16-22-21-15-8-7-11-23(15)16/h13-14H,4-12H2,1-3H3,(H2,19,20,24)/t13-,14-/m1/s1. The van der Waals surface area contributed by atoms with Gasteiger partial charge in [0, 0.05) is 44.0 Å². The largest absolute Gasteiger partial charge is 0.378 e. The maximum atomic E-state index is 12.3. The van der Waals surface area contributed by atoms with Crippen molar-refractivity contribution >= 4 is 6.03 Å². The van der Waals surface area contributed by atoms with Crippen molar-refractivity contribution < 1.29 is 9.53 Å². The summed E-state index contributed by atoms with van der Waals surface area (Å²) in [7, 11) is 0. The van der Waals surface area contributed by atoms with E-state index in [1.54, 1.807) is 0 Å². The summed E-state index contributed by atoms with van der Waals surface area (Å²) in [6.45, 7) is 8.72. The van der Waals surface area contributed by atoms with Crippen LogP contribution in [0, 0.1) is 5.41 Å². The van der Waals surface area contributed by atoms with Crippen molar-refractivity contribution in [2.75, 3.05) is 13.2 Å². The Balaban J connectivity index is 1.46. The number of carbonyl (C=O) groups excluding carboxylic acids is 1.